The van der Waals surface area contributed by atoms with E-state index in [1.165, 1.54) is 4.90 Å². The number of carbonyl (C=O) groups is 3. The molecule has 0 radical (unpaired) electrons. The van der Waals surface area contributed by atoms with Crippen LogP contribution in [0.2, 0.25) is 0 Å². The van der Waals surface area contributed by atoms with Gasteiger partial charge in [0.25, 0.3) is 0 Å². The first-order chi connectivity index (χ1) is 9.43. The van der Waals surface area contributed by atoms with Gasteiger partial charge in [0, 0.05) is 25.0 Å². The second-order valence-corrected chi connectivity index (χ2v) is 5.10. The summed E-state index contributed by atoms with van der Waals surface area (Å²) in [5, 5.41) is 14.2. The van der Waals surface area contributed by atoms with E-state index in [9.17, 15) is 14.4 Å². The number of carboxylic acids is 1. The molecule has 1 rings (SSSR count). The second kappa shape index (κ2) is 7.72. The van der Waals surface area contributed by atoms with Crippen LogP contribution in [0.1, 0.15) is 39.5 Å². The van der Waals surface area contributed by atoms with Crippen molar-refractivity contribution < 1.29 is 19.5 Å². The zero-order valence-electron chi connectivity index (χ0n) is 12.0. The second-order valence-electron chi connectivity index (χ2n) is 5.10. The fourth-order valence-corrected chi connectivity index (χ4v) is 1.71. The number of aliphatic carboxylic acids is 1. The first kappa shape index (κ1) is 16.3. The molecule has 1 unspecified atom stereocenters. The molecule has 0 saturated heterocycles. The first-order valence-corrected chi connectivity index (χ1v) is 6.99. The van der Waals surface area contributed by atoms with Crippen molar-refractivity contribution >= 4 is 17.9 Å². The minimum absolute atomic E-state index is 0.0823. The summed E-state index contributed by atoms with van der Waals surface area (Å²) >= 11 is 0. The Labute approximate surface area is 118 Å². The molecule has 7 nitrogen and oxygen atoms in total. The van der Waals surface area contributed by atoms with Crippen LogP contribution in [0.5, 0.6) is 0 Å². The van der Waals surface area contributed by atoms with Gasteiger partial charge in [0.05, 0.1) is 0 Å². The minimum Gasteiger partial charge on any atom is -0.480 e. The van der Waals surface area contributed by atoms with E-state index in [2.05, 4.69) is 10.6 Å². The Morgan fingerprint density at radius 3 is 2.50 bits per heavy atom. The maximum Gasteiger partial charge on any atom is 0.323 e. The monoisotopic (exact) mass is 285 g/mol. The van der Waals surface area contributed by atoms with Crippen LogP contribution in [0.15, 0.2) is 0 Å². The zero-order valence-corrected chi connectivity index (χ0v) is 12.0. The summed E-state index contributed by atoms with van der Waals surface area (Å²) in [4.78, 5) is 35.4. The zero-order chi connectivity index (χ0) is 15.1. The van der Waals surface area contributed by atoms with Crippen LogP contribution in [0, 0.1) is 0 Å². The fourth-order valence-electron chi connectivity index (χ4n) is 1.71. The highest BCUT2D eigenvalue weighted by atomic mass is 16.4. The summed E-state index contributed by atoms with van der Waals surface area (Å²) in [6.07, 6.45) is 2.93. The largest absolute Gasteiger partial charge is 0.480 e. The molecular formula is C13H23N3O4. The molecule has 1 atom stereocenters. The van der Waals surface area contributed by atoms with Crippen LogP contribution >= 0.6 is 0 Å². The molecule has 1 saturated carbocycles. The number of hydrogen-bond acceptors (Lipinski definition) is 3. The molecule has 0 spiro atoms. The molecule has 0 aromatic heterocycles. The number of rotatable bonds is 8. The van der Waals surface area contributed by atoms with Crippen molar-refractivity contribution in [2.75, 3.05) is 13.1 Å². The molecule has 3 amide bonds. The average Bonchev–Trinajstić information content (AvgIpc) is 3.18. The van der Waals surface area contributed by atoms with E-state index in [0.29, 0.717) is 12.5 Å². The Balaban J connectivity index is 2.32. The van der Waals surface area contributed by atoms with Crippen molar-refractivity contribution in [2.24, 2.45) is 0 Å². The predicted molar refractivity (Wildman–Crippen MR) is 73.3 cm³/mol. The van der Waals surface area contributed by atoms with Gasteiger partial charge >= 0.3 is 12.0 Å². The molecule has 3 N–H and O–H groups in total. The number of hydrogen-bond donors (Lipinski definition) is 3. The summed E-state index contributed by atoms with van der Waals surface area (Å²) in [5.41, 5.74) is 0. The van der Waals surface area contributed by atoms with E-state index in [-0.39, 0.29) is 31.5 Å². The lowest BCUT2D eigenvalue weighted by Crippen LogP contribution is -2.48. The Bertz CT molecular complexity index is 369. The molecule has 114 valence electrons. The molecule has 20 heavy (non-hydrogen) atoms. The number of nitrogens with one attached hydrogen (secondary N) is 2. The summed E-state index contributed by atoms with van der Waals surface area (Å²) in [6.45, 7) is 3.55. The predicted octanol–water partition coefficient (Wildman–Crippen LogP) is 0.550. The van der Waals surface area contributed by atoms with Gasteiger partial charge in [-0.2, -0.15) is 0 Å². The van der Waals surface area contributed by atoms with Gasteiger partial charge in [-0.05, 0) is 26.2 Å². The topological polar surface area (TPSA) is 98.7 Å². The van der Waals surface area contributed by atoms with E-state index < -0.39 is 12.0 Å². The van der Waals surface area contributed by atoms with E-state index in [1.807, 2.05) is 6.92 Å². The quantitative estimate of drug-likeness (QED) is 0.606. The molecule has 0 heterocycles. The van der Waals surface area contributed by atoms with Crippen molar-refractivity contribution in [1.82, 2.24) is 15.5 Å². The Morgan fingerprint density at radius 2 is 2.00 bits per heavy atom. The molecule has 7 heteroatoms. The third-order valence-corrected chi connectivity index (χ3v) is 3.26. The highest BCUT2D eigenvalue weighted by Crippen LogP contribution is 2.18. The Kier molecular flexibility index (Phi) is 6.27. The molecule has 1 aliphatic carbocycles. The lowest BCUT2D eigenvalue weighted by molar-refractivity contribution is -0.138. The standard InChI is InChI=1S/C13H23N3O4/c1-3-9(2)16(8-12(18)19)13(20)14-7-6-11(17)15-10-4-5-10/h9-10H,3-8H2,1-2H3,(H,14,20)(H,15,17)(H,18,19). The van der Waals surface area contributed by atoms with Gasteiger partial charge in [0.15, 0.2) is 0 Å². The number of amides is 3. The van der Waals surface area contributed by atoms with E-state index >= 15 is 0 Å². The van der Waals surface area contributed by atoms with Gasteiger partial charge in [-0.15, -0.1) is 0 Å². The maximum atomic E-state index is 11.9. The van der Waals surface area contributed by atoms with Crippen LogP contribution in [-0.2, 0) is 9.59 Å². The molecule has 0 aromatic carbocycles. The van der Waals surface area contributed by atoms with Gasteiger partial charge in [-0.1, -0.05) is 6.92 Å². The lowest BCUT2D eigenvalue weighted by Gasteiger charge is -2.27. The highest BCUT2D eigenvalue weighted by Gasteiger charge is 2.24. The smallest absolute Gasteiger partial charge is 0.323 e. The number of carbonyl (C=O) groups excluding carboxylic acids is 2. The van der Waals surface area contributed by atoms with E-state index in [1.54, 1.807) is 6.92 Å². The summed E-state index contributed by atoms with van der Waals surface area (Å²) < 4.78 is 0. The van der Waals surface area contributed by atoms with Crippen molar-refractivity contribution in [3.8, 4) is 0 Å². The van der Waals surface area contributed by atoms with Crippen molar-refractivity contribution in [3.63, 3.8) is 0 Å². The number of carboxylic acid groups (broad SMARTS) is 1. The minimum atomic E-state index is -1.05. The third-order valence-electron chi connectivity index (χ3n) is 3.26. The van der Waals surface area contributed by atoms with E-state index in [4.69, 9.17) is 5.11 Å². The van der Waals surface area contributed by atoms with Gasteiger partial charge < -0.3 is 20.6 Å². The summed E-state index contributed by atoms with van der Waals surface area (Å²) in [7, 11) is 0. The molecule has 1 fully saturated rings. The molecular weight excluding hydrogens is 262 g/mol. The molecule has 0 bridgehead atoms. The molecule has 0 aliphatic heterocycles. The van der Waals surface area contributed by atoms with Gasteiger partial charge in [-0.3, -0.25) is 9.59 Å². The summed E-state index contributed by atoms with van der Waals surface area (Å²) in [5.74, 6) is -1.13. The van der Waals surface area contributed by atoms with Gasteiger partial charge in [0.2, 0.25) is 5.91 Å². The normalized spacial score (nSPS) is 15.3. The van der Waals surface area contributed by atoms with Crippen LogP contribution in [0.4, 0.5) is 4.79 Å². The highest BCUT2D eigenvalue weighted by molar-refractivity contribution is 5.81. The van der Waals surface area contributed by atoms with Crippen LogP contribution in [0.25, 0.3) is 0 Å². The maximum absolute atomic E-state index is 11.9. The van der Waals surface area contributed by atoms with Gasteiger partial charge in [-0.25, -0.2) is 4.79 Å². The Hall–Kier alpha value is -1.79. The van der Waals surface area contributed by atoms with E-state index in [0.717, 1.165) is 12.8 Å². The average molecular weight is 285 g/mol. The first-order valence-electron chi connectivity index (χ1n) is 6.99. The fraction of sp³-hybridized carbons (Fsp3) is 0.769. The number of nitrogens with zero attached hydrogens (tertiary/aromatic N) is 1. The SMILES string of the molecule is CCC(C)N(CC(=O)O)C(=O)NCCC(=O)NC1CC1. The lowest BCUT2D eigenvalue weighted by atomic mass is 10.2. The van der Waals surface area contributed by atoms with Crippen molar-refractivity contribution in [2.45, 2.75) is 51.6 Å². The third kappa shape index (κ3) is 5.90. The van der Waals surface area contributed by atoms with Crippen molar-refractivity contribution in [3.05, 3.63) is 0 Å². The van der Waals surface area contributed by atoms with Crippen LogP contribution in [0.3, 0.4) is 0 Å². The summed E-state index contributed by atoms with van der Waals surface area (Å²) in [6, 6.07) is -0.297. The van der Waals surface area contributed by atoms with Crippen molar-refractivity contribution in [1.29, 1.82) is 0 Å². The number of urea groups is 1. The van der Waals surface area contributed by atoms with Crippen LogP contribution in [-0.4, -0.2) is 53.1 Å². The van der Waals surface area contributed by atoms with Crippen LogP contribution < -0.4 is 10.6 Å². The molecule has 0 aromatic rings. The van der Waals surface area contributed by atoms with Gasteiger partial charge in [0.1, 0.15) is 6.54 Å². The molecule has 1 aliphatic rings. The Morgan fingerprint density at radius 1 is 1.35 bits per heavy atom.